The topological polar surface area (TPSA) is 84.2 Å². The quantitative estimate of drug-likeness (QED) is 0.512. The molecule has 0 unspecified atom stereocenters. The zero-order chi connectivity index (χ0) is 12.4. The fourth-order valence-electron chi connectivity index (χ4n) is 1.18. The number of hydrogen-bond acceptors (Lipinski definition) is 3. The van der Waals surface area contributed by atoms with Crippen molar-refractivity contribution in [2.45, 2.75) is 33.1 Å². The first-order chi connectivity index (χ1) is 7.56. The number of nitrogens with two attached hydrogens (primary N) is 1. The Balaban J connectivity index is 3.43. The van der Waals surface area contributed by atoms with Crippen molar-refractivity contribution in [1.82, 2.24) is 10.6 Å². The Bertz CT molecular complexity index is 217. The van der Waals surface area contributed by atoms with E-state index in [4.69, 9.17) is 5.73 Å². The molecule has 5 heteroatoms. The van der Waals surface area contributed by atoms with Crippen LogP contribution in [0.5, 0.6) is 0 Å². The van der Waals surface area contributed by atoms with Gasteiger partial charge in [-0.2, -0.15) is 0 Å². The Morgan fingerprint density at radius 2 is 1.75 bits per heavy atom. The molecule has 0 radical (unpaired) electrons. The van der Waals surface area contributed by atoms with Crippen LogP contribution in [0.1, 0.15) is 33.1 Å². The standard InChI is InChI=1S/C11H23N3O2/c1-9(2)8-11(16)14-7-4-10(15)13-6-3-5-12/h9H,3-8,12H2,1-2H3,(H,13,15)(H,14,16). The molecular formula is C11H23N3O2. The van der Waals surface area contributed by atoms with Gasteiger partial charge >= 0.3 is 0 Å². The second kappa shape index (κ2) is 9.15. The fourth-order valence-corrected chi connectivity index (χ4v) is 1.18. The van der Waals surface area contributed by atoms with Crippen molar-refractivity contribution in [2.24, 2.45) is 11.7 Å². The third kappa shape index (κ3) is 9.45. The van der Waals surface area contributed by atoms with Crippen LogP contribution in [0.4, 0.5) is 0 Å². The summed E-state index contributed by atoms with van der Waals surface area (Å²) in [7, 11) is 0. The fraction of sp³-hybridized carbons (Fsp3) is 0.818. The predicted octanol–water partition coefficient (Wildman–Crippen LogP) is 0.00380. The molecule has 0 aliphatic rings. The van der Waals surface area contributed by atoms with Crippen molar-refractivity contribution < 1.29 is 9.59 Å². The molecule has 94 valence electrons. The average Bonchev–Trinajstić information content (AvgIpc) is 2.17. The zero-order valence-electron chi connectivity index (χ0n) is 10.2. The first kappa shape index (κ1) is 14.9. The summed E-state index contributed by atoms with van der Waals surface area (Å²) < 4.78 is 0. The molecule has 0 atom stereocenters. The molecule has 0 aliphatic heterocycles. The molecule has 16 heavy (non-hydrogen) atoms. The second-order valence-electron chi connectivity index (χ2n) is 4.19. The van der Waals surface area contributed by atoms with Crippen LogP contribution < -0.4 is 16.4 Å². The number of hydrogen-bond donors (Lipinski definition) is 3. The summed E-state index contributed by atoms with van der Waals surface area (Å²) in [6, 6.07) is 0. The van der Waals surface area contributed by atoms with Gasteiger partial charge in [-0.1, -0.05) is 13.8 Å². The van der Waals surface area contributed by atoms with Crippen molar-refractivity contribution >= 4 is 11.8 Å². The number of rotatable bonds is 8. The van der Waals surface area contributed by atoms with Crippen LogP contribution in [-0.4, -0.2) is 31.4 Å². The molecule has 2 amide bonds. The van der Waals surface area contributed by atoms with Crippen molar-refractivity contribution in [2.75, 3.05) is 19.6 Å². The van der Waals surface area contributed by atoms with Gasteiger partial charge < -0.3 is 16.4 Å². The van der Waals surface area contributed by atoms with E-state index in [1.54, 1.807) is 0 Å². The Labute approximate surface area is 97.2 Å². The van der Waals surface area contributed by atoms with Crippen molar-refractivity contribution in [3.05, 3.63) is 0 Å². The molecule has 0 aromatic rings. The monoisotopic (exact) mass is 229 g/mol. The highest BCUT2D eigenvalue weighted by atomic mass is 16.2. The summed E-state index contributed by atoms with van der Waals surface area (Å²) in [4.78, 5) is 22.5. The summed E-state index contributed by atoms with van der Waals surface area (Å²) >= 11 is 0. The SMILES string of the molecule is CC(C)CC(=O)NCCC(=O)NCCCN. The Kier molecular flexibility index (Phi) is 8.52. The maximum absolute atomic E-state index is 11.2. The van der Waals surface area contributed by atoms with Crippen LogP contribution in [0.25, 0.3) is 0 Å². The van der Waals surface area contributed by atoms with Gasteiger partial charge in [0.25, 0.3) is 0 Å². The van der Waals surface area contributed by atoms with E-state index < -0.39 is 0 Å². The number of amides is 2. The van der Waals surface area contributed by atoms with Crippen LogP contribution in [0.15, 0.2) is 0 Å². The van der Waals surface area contributed by atoms with Gasteiger partial charge in [0, 0.05) is 25.9 Å². The molecule has 0 rings (SSSR count). The summed E-state index contributed by atoms with van der Waals surface area (Å²) in [5.41, 5.74) is 5.29. The molecule has 0 fully saturated rings. The third-order valence-corrected chi connectivity index (χ3v) is 1.97. The number of carbonyl (C=O) groups is 2. The summed E-state index contributed by atoms with van der Waals surface area (Å²) in [6.45, 7) is 5.55. The highest BCUT2D eigenvalue weighted by Gasteiger charge is 2.05. The second-order valence-corrected chi connectivity index (χ2v) is 4.19. The summed E-state index contributed by atoms with van der Waals surface area (Å²) in [6.07, 6.45) is 1.62. The van der Waals surface area contributed by atoms with Crippen LogP contribution in [-0.2, 0) is 9.59 Å². The maximum Gasteiger partial charge on any atom is 0.221 e. The molecule has 0 aromatic heterocycles. The molecular weight excluding hydrogens is 206 g/mol. The molecule has 0 aromatic carbocycles. The largest absolute Gasteiger partial charge is 0.356 e. The van der Waals surface area contributed by atoms with E-state index in [0.29, 0.717) is 38.4 Å². The summed E-state index contributed by atoms with van der Waals surface area (Å²) in [5.74, 6) is 0.307. The van der Waals surface area contributed by atoms with E-state index in [1.165, 1.54) is 0 Å². The molecule has 0 heterocycles. The van der Waals surface area contributed by atoms with Gasteiger partial charge in [-0.05, 0) is 18.9 Å². The lowest BCUT2D eigenvalue weighted by Gasteiger charge is -2.07. The van der Waals surface area contributed by atoms with Crippen molar-refractivity contribution in [3.63, 3.8) is 0 Å². The highest BCUT2D eigenvalue weighted by Crippen LogP contribution is 1.97. The Hall–Kier alpha value is -1.10. The lowest BCUT2D eigenvalue weighted by atomic mass is 10.1. The van der Waals surface area contributed by atoms with Crippen LogP contribution in [0, 0.1) is 5.92 Å². The molecule has 0 bridgehead atoms. The van der Waals surface area contributed by atoms with Crippen molar-refractivity contribution in [3.8, 4) is 0 Å². The van der Waals surface area contributed by atoms with Gasteiger partial charge in [-0.15, -0.1) is 0 Å². The number of nitrogens with one attached hydrogen (secondary N) is 2. The van der Waals surface area contributed by atoms with Gasteiger partial charge in [0.05, 0.1) is 0 Å². The lowest BCUT2D eigenvalue weighted by molar-refractivity contribution is -0.122. The number of carbonyl (C=O) groups excluding carboxylic acids is 2. The van der Waals surface area contributed by atoms with Gasteiger partial charge in [-0.3, -0.25) is 9.59 Å². The van der Waals surface area contributed by atoms with E-state index in [1.807, 2.05) is 13.8 Å². The minimum atomic E-state index is -0.0432. The first-order valence-corrected chi connectivity index (χ1v) is 5.79. The third-order valence-electron chi connectivity index (χ3n) is 1.97. The summed E-state index contributed by atoms with van der Waals surface area (Å²) in [5, 5.41) is 5.44. The first-order valence-electron chi connectivity index (χ1n) is 5.79. The Morgan fingerprint density at radius 3 is 2.31 bits per heavy atom. The molecule has 0 aliphatic carbocycles. The van der Waals surface area contributed by atoms with E-state index in [9.17, 15) is 9.59 Å². The predicted molar refractivity (Wildman–Crippen MR) is 63.8 cm³/mol. The average molecular weight is 229 g/mol. The Morgan fingerprint density at radius 1 is 1.12 bits per heavy atom. The maximum atomic E-state index is 11.2. The minimum Gasteiger partial charge on any atom is -0.356 e. The van der Waals surface area contributed by atoms with Crippen LogP contribution >= 0.6 is 0 Å². The highest BCUT2D eigenvalue weighted by molar-refractivity contribution is 5.78. The minimum absolute atomic E-state index is 0.00441. The van der Waals surface area contributed by atoms with Gasteiger partial charge in [0.1, 0.15) is 0 Å². The van der Waals surface area contributed by atoms with E-state index in [2.05, 4.69) is 10.6 Å². The van der Waals surface area contributed by atoms with Gasteiger partial charge in [-0.25, -0.2) is 0 Å². The van der Waals surface area contributed by atoms with Crippen LogP contribution in [0.3, 0.4) is 0 Å². The van der Waals surface area contributed by atoms with E-state index in [-0.39, 0.29) is 11.8 Å². The van der Waals surface area contributed by atoms with Gasteiger partial charge in [0.15, 0.2) is 0 Å². The van der Waals surface area contributed by atoms with Crippen LogP contribution in [0.2, 0.25) is 0 Å². The normalized spacial score (nSPS) is 10.2. The van der Waals surface area contributed by atoms with E-state index in [0.717, 1.165) is 6.42 Å². The van der Waals surface area contributed by atoms with Gasteiger partial charge in [0.2, 0.25) is 11.8 Å². The van der Waals surface area contributed by atoms with E-state index >= 15 is 0 Å². The molecule has 0 saturated heterocycles. The van der Waals surface area contributed by atoms with Crippen molar-refractivity contribution in [1.29, 1.82) is 0 Å². The smallest absolute Gasteiger partial charge is 0.221 e. The molecule has 0 spiro atoms. The lowest BCUT2D eigenvalue weighted by Crippen LogP contribution is -2.32. The molecule has 5 nitrogen and oxygen atoms in total. The molecule has 0 saturated carbocycles. The molecule has 4 N–H and O–H groups in total. The zero-order valence-corrected chi connectivity index (χ0v) is 10.2.